The van der Waals surface area contributed by atoms with E-state index in [2.05, 4.69) is 9.97 Å². The van der Waals surface area contributed by atoms with Crippen molar-refractivity contribution in [2.75, 3.05) is 6.26 Å². The lowest BCUT2D eigenvalue weighted by Gasteiger charge is -2.21. The van der Waals surface area contributed by atoms with Gasteiger partial charge in [-0.3, -0.25) is 0 Å². The molecule has 4 nitrogen and oxygen atoms in total. The molecule has 1 fully saturated rings. The molecule has 1 aromatic heterocycles. The molecule has 0 radical (unpaired) electrons. The fraction of sp³-hybridized carbons (Fsp3) is 0.471. The van der Waals surface area contributed by atoms with Gasteiger partial charge in [0.05, 0.1) is 5.69 Å². The molecule has 1 heterocycles. The van der Waals surface area contributed by atoms with E-state index in [1.165, 1.54) is 0 Å². The fourth-order valence-corrected chi connectivity index (χ4v) is 4.14. The second-order valence-electron chi connectivity index (χ2n) is 6.72. The second-order valence-corrected chi connectivity index (χ2v) is 8.70. The highest BCUT2D eigenvalue weighted by molar-refractivity contribution is 7.90. The van der Waals surface area contributed by atoms with Gasteiger partial charge in [0.1, 0.15) is 16.5 Å². The van der Waals surface area contributed by atoms with Gasteiger partial charge in [-0.1, -0.05) is 19.3 Å². The Balaban J connectivity index is 2.18. The van der Waals surface area contributed by atoms with Gasteiger partial charge in [0, 0.05) is 23.4 Å². The number of sulfone groups is 1. The van der Waals surface area contributed by atoms with E-state index in [-0.39, 0.29) is 17.3 Å². The molecule has 27 heavy (non-hydrogen) atoms. The average Bonchev–Trinajstić information content (AvgIpc) is 3.02. The van der Waals surface area contributed by atoms with Crippen LogP contribution >= 0.6 is 0 Å². The third-order valence-corrected chi connectivity index (χ3v) is 5.80. The molecule has 0 bridgehead atoms. The molecule has 0 saturated heterocycles. The highest BCUT2D eigenvalue weighted by Crippen LogP contribution is 2.40. The van der Waals surface area contributed by atoms with Gasteiger partial charge in [-0.05, 0) is 25.0 Å². The Hall–Kier alpha value is -1.97. The topological polar surface area (TPSA) is 62.8 Å². The summed E-state index contributed by atoms with van der Waals surface area (Å²) in [5.41, 5.74) is -0.717. The van der Waals surface area contributed by atoms with Crippen LogP contribution < -0.4 is 0 Å². The quantitative estimate of drug-likeness (QED) is 0.741. The number of benzene rings is 1. The Kier molecular flexibility index (Phi) is 5.04. The summed E-state index contributed by atoms with van der Waals surface area (Å²) in [6.07, 6.45) is -0.255. The first kappa shape index (κ1) is 19.8. The van der Waals surface area contributed by atoms with E-state index in [1.54, 1.807) is 0 Å². The van der Waals surface area contributed by atoms with Crippen LogP contribution in [0.4, 0.5) is 22.0 Å². The van der Waals surface area contributed by atoms with Crippen LogP contribution in [-0.4, -0.2) is 24.6 Å². The third-order valence-electron chi connectivity index (χ3n) is 4.69. The number of hydrogen-bond acceptors (Lipinski definition) is 3. The monoisotopic (exact) mass is 408 g/mol. The zero-order valence-electron chi connectivity index (χ0n) is 14.3. The van der Waals surface area contributed by atoms with Crippen molar-refractivity contribution in [3.8, 4) is 11.3 Å². The van der Waals surface area contributed by atoms with Crippen molar-refractivity contribution < 1.29 is 30.4 Å². The van der Waals surface area contributed by atoms with Crippen LogP contribution in [0.3, 0.4) is 0 Å². The molecule has 1 N–H and O–H groups in total. The lowest BCUT2D eigenvalue weighted by Crippen LogP contribution is -2.09. The van der Waals surface area contributed by atoms with Crippen LogP contribution in [0.2, 0.25) is 0 Å². The Labute approximate surface area is 152 Å². The Morgan fingerprint density at radius 2 is 1.70 bits per heavy atom. The summed E-state index contributed by atoms with van der Waals surface area (Å²) in [6, 6.07) is 1.07. The molecular formula is C17H17F5N2O2S. The van der Waals surface area contributed by atoms with E-state index < -0.39 is 43.9 Å². The maximum Gasteiger partial charge on any atom is 0.449 e. The molecule has 0 atom stereocenters. The number of halogens is 5. The van der Waals surface area contributed by atoms with Gasteiger partial charge in [0.25, 0.3) is 0 Å². The Bertz CT molecular complexity index is 960. The molecule has 0 spiro atoms. The lowest BCUT2D eigenvalue weighted by atomic mass is 9.85. The molecule has 1 saturated carbocycles. The average molecular weight is 408 g/mol. The fourth-order valence-electron chi connectivity index (χ4n) is 3.41. The number of hydrogen-bond donors (Lipinski definition) is 1. The predicted octanol–water partition coefficient (Wildman–Crippen LogP) is 4.82. The zero-order valence-corrected chi connectivity index (χ0v) is 15.1. The number of rotatable bonds is 3. The summed E-state index contributed by atoms with van der Waals surface area (Å²) in [5, 5.41) is 0. The predicted molar refractivity (Wildman–Crippen MR) is 87.9 cm³/mol. The molecule has 0 unspecified atom stereocenters. The maximum atomic E-state index is 14.5. The molecule has 10 heteroatoms. The highest BCUT2D eigenvalue weighted by Gasteiger charge is 2.37. The molecule has 0 amide bonds. The summed E-state index contributed by atoms with van der Waals surface area (Å²) >= 11 is 0. The van der Waals surface area contributed by atoms with Crippen LogP contribution in [0.15, 0.2) is 17.0 Å². The molecule has 3 rings (SSSR count). The molecule has 148 valence electrons. The number of nitrogens with one attached hydrogen (secondary N) is 1. The van der Waals surface area contributed by atoms with E-state index in [4.69, 9.17) is 0 Å². The molecule has 1 aliphatic rings. The van der Waals surface area contributed by atoms with Gasteiger partial charge in [-0.2, -0.15) is 13.2 Å². The van der Waals surface area contributed by atoms with Crippen molar-refractivity contribution in [3.05, 3.63) is 35.3 Å². The van der Waals surface area contributed by atoms with E-state index >= 15 is 0 Å². The number of imidazole rings is 1. The summed E-state index contributed by atoms with van der Waals surface area (Å²) in [4.78, 5) is 4.87. The normalized spacial score (nSPS) is 16.7. The maximum absolute atomic E-state index is 14.5. The Morgan fingerprint density at radius 3 is 2.26 bits per heavy atom. The van der Waals surface area contributed by atoms with Gasteiger partial charge >= 0.3 is 6.18 Å². The van der Waals surface area contributed by atoms with Gasteiger partial charge in [-0.25, -0.2) is 22.2 Å². The van der Waals surface area contributed by atoms with Gasteiger partial charge < -0.3 is 4.98 Å². The molecule has 1 aliphatic carbocycles. The van der Waals surface area contributed by atoms with Crippen LogP contribution in [0.1, 0.15) is 49.5 Å². The highest BCUT2D eigenvalue weighted by atomic mass is 32.2. The minimum absolute atomic E-state index is 0.104. The van der Waals surface area contributed by atoms with Crippen LogP contribution in [-0.2, 0) is 16.0 Å². The van der Waals surface area contributed by atoms with Crippen LogP contribution in [0, 0.1) is 11.6 Å². The van der Waals surface area contributed by atoms with E-state index in [1.807, 2.05) is 0 Å². The number of nitrogens with zero attached hydrogens (tertiary/aromatic N) is 1. The molecule has 2 aromatic rings. The number of aromatic nitrogens is 2. The summed E-state index contributed by atoms with van der Waals surface area (Å²) < 4.78 is 91.2. The van der Waals surface area contributed by atoms with Gasteiger partial charge in [0.2, 0.25) is 5.82 Å². The Morgan fingerprint density at radius 1 is 1.07 bits per heavy atom. The van der Waals surface area contributed by atoms with Crippen LogP contribution in [0.25, 0.3) is 11.3 Å². The second kappa shape index (κ2) is 6.88. The van der Waals surface area contributed by atoms with E-state index in [0.717, 1.165) is 19.3 Å². The molecule has 0 aliphatic heterocycles. The summed E-state index contributed by atoms with van der Waals surface area (Å²) in [6.45, 7) is 0. The first-order valence-corrected chi connectivity index (χ1v) is 10.2. The van der Waals surface area contributed by atoms with Crippen molar-refractivity contribution >= 4 is 9.84 Å². The standard InChI is InChI=1S/C17H17F5N2O2S/c1-27(25,26)13-8-11(18)10(7-12(13)19)15-14(9-5-3-2-4-6-9)23-16(24-15)17(20,21)22/h7-9H,2-6H2,1H3,(H,23,24). The smallest absolute Gasteiger partial charge is 0.337 e. The number of aromatic amines is 1. The SMILES string of the molecule is CS(=O)(=O)c1cc(F)c(-c2nc(C(F)(F)F)[nH]c2C2CCCCC2)cc1F. The van der Waals surface area contributed by atoms with Crippen molar-refractivity contribution in [2.45, 2.75) is 49.1 Å². The largest absolute Gasteiger partial charge is 0.449 e. The molecule has 1 aromatic carbocycles. The van der Waals surface area contributed by atoms with Crippen molar-refractivity contribution in [1.29, 1.82) is 0 Å². The minimum Gasteiger partial charge on any atom is -0.337 e. The minimum atomic E-state index is -4.77. The van der Waals surface area contributed by atoms with Crippen molar-refractivity contribution in [2.24, 2.45) is 0 Å². The number of alkyl halides is 3. The van der Waals surface area contributed by atoms with E-state index in [9.17, 15) is 30.4 Å². The first-order valence-electron chi connectivity index (χ1n) is 8.35. The van der Waals surface area contributed by atoms with Gasteiger partial charge in [0.15, 0.2) is 9.84 Å². The van der Waals surface area contributed by atoms with Crippen molar-refractivity contribution in [3.63, 3.8) is 0 Å². The molecular weight excluding hydrogens is 391 g/mol. The lowest BCUT2D eigenvalue weighted by molar-refractivity contribution is -0.144. The summed E-state index contributed by atoms with van der Waals surface area (Å²) in [5.74, 6) is -3.95. The summed E-state index contributed by atoms with van der Waals surface area (Å²) in [7, 11) is -4.03. The van der Waals surface area contributed by atoms with E-state index in [0.29, 0.717) is 31.2 Å². The van der Waals surface area contributed by atoms with Gasteiger partial charge in [-0.15, -0.1) is 0 Å². The van der Waals surface area contributed by atoms with Crippen LogP contribution in [0.5, 0.6) is 0 Å². The zero-order chi connectivity index (χ0) is 20.0. The first-order chi connectivity index (χ1) is 12.5. The van der Waals surface area contributed by atoms with Crippen molar-refractivity contribution in [1.82, 2.24) is 9.97 Å². The number of H-pyrrole nitrogens is 1. The third kappa shape index (κ3) is 3.99.